The first kappa shape index (κ1) is 28.1. The molecule has 0 amide bonds. The summed E-state index contributed by atoms with van der Waals surface area (Å²) in [5, 5.41) is 0. The molecule has 0 aromatic carbocycles. The molecule has 12 heteroatoms. The van der Waals surface area contributed by atoms with Crippen molar-refractivity contribution in [3.63, 3.8) is 0 Å². The summed E-state index contributed by atoms with van der Waals surface area (Å²) in [5.74, 6) is 0.270. The number of hydrogen-bond acceptors (Lipinski definition) is 7. The van der Waals surface area contributed by atoms with Gasteiger partial charge in [0.05, 0.1) is 0 Å². The maximum absolute atomic E-state index is 11.1. The normalized spacial score (nSPS) is 10.5. The Morgan fingerprint density at radius 2 is 1.26 bits per heavy atom. The van der Waals surface area contributed by atoms with E-state index in [1.807, 2.05) is 41.5 Å². The summed E-state index contributed by atoms with van der Waals surface area (Å²) in [5.41, 5.74) is 4.21. The summed E-state index contributed by atoms with van der Waals surface area (Å²) < 4.78 is 4.48. The molecule has 3 aromatic rings. The number of anilines is 1. The van der Waals surface area contributed by atoms with E-state index >= 15 is 0 Å². The maximum atomic E-state index is 11.1. The van der Waals surface area contributed by atoms with Gasteiger partial charge in [-0.3, -0.25) is 33.3 Å². The van der Waals surface area contributed by atoms with E-state index in [1.54, 1.807) is 25.4 Å². The first-order valence-corrected chi connectivity index (χ1v) is 10.7. The SMILES string of the molecule is CC(C)n1ccc(=O)[nH]c1=O.CC(C)n1ccc(N)nc1=O.Cc1cn(C(C)C)c(=O)[nH]c1=O. The van der Waals surface area contributed by atoms with Crippen LogP contribution in [0.25, 0.3) is 0 Å². The van der Waals surface area contributed by atoms with Gasteiger partial charge in [0.15, 0.2) is 0 Å². The van der Waals surface area contributed by atoms with Crippen LogP contribution in [0.2, 0.25) is 0 Å². The Bertz CT molecular complexity index is 1370. The molecule has 0 radical (unpaired) electrons. The van der Waals surface area contributed by atoms with Gasteiger partial charge >= 0.3 is 17.1 Å². The molecule has 0 unspecified atom stereocenters. The summed E-state index contributed by atoms with van der Waals surface area (Å²) in [4.78, 5) is 62.7. The van der Waals surface area contributed by atoms with Crippen molar-refractivity contribution in [3.8, 4) is 0 Å². The summed E-state index contributed by atoms with van der Waals surface area (Å²) in [6.07, 6.45) is 4.72. The van der Waals surface area contributed by atoms with Crippen molar-refractivity contribution in [2.24, 2.45) is 0 Å². The predicted octanol–water partition coefficient (Wildman–Crippen LogP) is 0.950. The van der Waals surface area contributed by atoms with Gasteiger partial charge in [-0.05, 0) is 54.5 Å². The molecule has 0 bridgehead atoms. The molecule has 0 fully saturated rings. The molecule has 0 aliphatic rings. The van der Waals surface area contributed by atoms with Crippen LogP contribution in [0.1, 0.15) is 65.2 Å². The summed E-state index contributed by atoms with van der Waals surface area (Å²) >= 11 is 0. The zero-order valence-electron chi connectivity index (χ0n) is 20.5. The van der Waals surface area contributed by atoms with Gasteiger partial charge in [0.25, 0.3) is 11.1 Å². The van der Waals surface area contributed by atoms with Crippen LogP contribution in [0.3, 0.4) is 0 Å². The van der Waals surface area contributed by atoms with E-state index in [4.69, 9.17) is 5.73 Å². The van der Waals surface area contributed by atoms with E-state index in [-0.39, 0.29) is 52.1 Å². The fourth-order valence-corrected chi connectivity index (χ4v) is 2.62. The zero-order chi connectivity index (χ0) is 26.2. The lowest BCUT2D eigenvalue weighted by molar-refractivity contribution is 0.558. The number of nitrogens with zero attached hydrogens (tertiary/aromatic N) is 4. The highest BCUT2D eigenvalue weighted by Gasteiger charge is 2.03. The van der Waals surface area contributed by atoms with Gasteiger partial charge in [-0.2, -0.15) is 4.98 Å². The average molecular weight is 476 g/mol. The molecule has 0 spiro atoms. The number of aromatic nitrogens is 6. The van der Waals surface area contributed by atoms with Crippen LogP contribution >= 0.6 is 0 Å². The van der Waals surface area contributed by atoms with Crippen LogP contribution in [0.5, 0.6) is 0 Å². The van der Waals surface area contributed by atoms with Gasteiger partial charge in [-0.1, -0.05) is 0 Å². The molecule has 186 valence electrons. The molecule has 0 saturated heterocycles. The van der Waals surface area contributed by atoms with Gasteiger partial charge in [0.2, 0.25) is 0 Å². The molecule has 3 rings (SSSR count). The van der Waals surface area contributed by atoms with Crippen molar-refractivity contribution < 1.29 is 0 Å². The average Bonchev–Trinajstić information content (AvgIpc) is 2.70. The highest BCUT2D eigenvalue weighted by molar-refractivity contribution is 5.23. The van der Waals surface area contributed by atoms with Gasteiger partial charge in [-0.15, -0.1) is 0 Å². The highest BCUT2D eigenvalue weighted by Crippen LogP contribution is 1.99. The van der Waals surface area contributed by atoms with Crippen LogP contribution in [-0.2, 0) is 0 Å². The molecule has 3 aromatic heterocycles. The third-order valence-electron chi connectivity index (χ3n) is 4.52. The van der Waals surface area contributed by atoms with Crippen molar-refractivity contribution >= 4 is 5.82 Å². The lowest BCUT2D eigenvalue weighted by Crippen LogP contribution is -2.31. The molecule has 0 atom stereocenters. The number of nitrogen functional groups attached to an aromatic ring is 1. The minimum Gasteiger partial charge on any atom is -0.383 e. The van der Waals surface area contributed by atoms with Crippen LogP contribution in [-0.4, -0.2) is 28.7 Å². The minimum absolute atomic E-state index is 0.0769. The topological polar surface area (TPSA) is 171 Å². The Morgan fingerprint density at radius 3 is 1.74 bits per heavy atom. The summed E-state index contributed by atoms with van der Waals surface area (Å²) in [6, 6.07) is 3.24. The summed E-state index contributed by atoms with van der Waals surface area (Å²) in [6.45, 7) is 13.0. The monoisotopic (exact) mass is 475 g/mol. The van der Waals surface area contributed by atoms with Crippen molar-refractivity contribution in [2.45, 2.75) is 66.6 Å². The molecule has 0 aliphatic heterocycles. The molecular formula is C22H33N7O5. The zero-order valence-corrected chi connectivity index (χ0v) is 20.5. The molecule has 34 heavy (non-hydrogen) atoms. The Hall–Kier alpha value is -3.96. The van der Waals surface area contributed by atoms with E-state index in [0.29, 0.717) is 5.56 Å². The Kier molecular flexibility index (Phi) is 10.2. The second kappa shape index (κ2) is 12.3. The number of H-pyrrole nitrogens is 2. The molecule has 0 aliphatic carbocycles. The van der Waals surface area contributed by atoms with Crippen molar-refractivity contribution in [2.75, 3.05) is 5.73 Å². The van der Waals surface area contributed by atoms with E-state index < -0.39 is 0 Å². The standard InChI is InChI=1S/C8H12N2O2.C7H11N3O.C7H10N2O2/c1-5(2)10-4-6(3)7(11)9-8(10)12;1-5(2)10-4-3-6(8)9-7(10)11;1-5(2)9-4-3-6(10)8-7(9)11/h4-5H,1-3H3,(H,9,11,12);3-5H,1-2H3,(H2,8,9,11);3-5H,1-2H3,(H,8,10,11). The van der Waals surface area contributed by atoms with Gasteiger partial charge in [0, 0.05) is 48.3 Å². The number of aromatic amines is 2. The number of rotatable bonds is 3. The smallest absolute Gasteiger partial charge is 0.349 e. The van der Waals surface area contributed by atoms with Crippen LogP contribution in [0, 0.1) is 6.92 Å². The van der Waals surface area contributed by atoms with Crippen molar-refractivity contribution in [3.05, 3.63) is 88.4 Å². The maximum Gasteiger partial charge on any atom is 0.349 e. The molecule has 12 nitrogen and oxygen atoms in total. The molecular weight excluding hydrogens is 442 g/mol. The van der Waals surface area contributed by atoms with E-state index in [2.05, 4.69) is 15.0 Å². The second-order valence-electron chi connectivity index (χ2n) is 8.32. The van der Waals surface area contributed by atoms with Gasteiger partial charge in [0.1, 0.15) is 5.82 Å². The second-order valence-corrected chi connectivity index (χ2v) is 8.32. The van der Waals surface area contributed by atoms with E-state index in [1.165, 1.54) is 26.0 Å². The van der Waals surface area contributed by atoms with Crippen molar-refractivity contribution in [1.82, 2.24) is 28.7 Å². The first-order valence-electron chi connectivity index (χ1n) is 10.7. The largest absolute Gasteiger partial charge is 0.383 e. The lowest BCUT2D eigenvalue weighted by atomic mass is 10.3. The van der Waals surface area contributed by atoms with Crippen LogP contribution in [0.4, 0.5) is 5.82 Å². The van der Waals surface area contributed by atoms with E-state index in [0.717, 1.165) is 0 Å². The minimum atomic E-state index is -0.355. The quantitative estimate of drug-likeness (QED) is 0.506. The number of nitrogens with two attached hydrogens (primary N) is 1. The highest BCUT2D eigenvalue weighted by atomic mass is 16.2. The molecule has 0 saturated carbocycles. The van der Waals surface area contributed by atoms with Crippen molar-refractivity contribution in [1.29, 1.82) is 0 Å². The molecule has 4 N–H and O–H groups in total. The predicted molar refractivity (Wildman–Crippen MR) is 131 cm³/mol. The first-order chi connectivity index (χ1) is 15.7. The number of aryl methyl sites for hydroxylation is 1. The van der Waals surface area contributed by atoms with Crippen LogP contribution < -0.4 is 33.9 Å². The number of hydrogen-bond donors (Lipinski definition) is 3. The summed E-state index contributed by atoms with van der Waals surface area (Å²) in [7, 11) is 0. The van der Waals surface area contributed by atoms with Gasteiger partial charge < -0.3 is 5.73 Å². The Balaban J connectivity index is 0.000000255. The number of nitrogens with one attached hydrogen (secondary N) is 2. The Morgan fingerprint density at radius 1 is 0.765 bits per heavy atom. The lowest BCUT2D eigenvalue weighted by Gasteiger charge is -2.08. The van der Waals surface area contributed by atoms with Gasteiger partial charge in [-0.25, -0.2) is 14.4 Å². The third kappa shape index (κ3) is 8.19. The third-order valence-corrected chi connectivity index (χ3v) is 4.52. The van der Waals surface area contributed by atoms with Crippen LogP contribution in [0.15, 0.2) is 54.7 Å². The fraction of sp³-hybridized carbons (Fsp3) is 0.455. The van der Waals surface area contributed by atoms with E-state index in [9.17, 15) is 24.0 Å². The Labute approximate surface area is 195 Å². The molecule has 3 heterocycles. The fourth-order valence-electron chi connectivity index (χ4n) is 2.62.